The third-order valence-corrected chi connectivity index (χ3v) is 7.57. The van der Waals surface area contributed by atoms with Crippen molar-refractivity contribution < 1.29 is 18.8 Å². The largest absolute Gasteiger partial charge is 0.345 e. The molecule has 0 radical (unpaired) electrons. The Bertz CT molecular complexity index is 1810. The maximum atomic E-state index is 14.3. The van der Waals surface area contributed by atoms with Crippen molar-refractivity contribution in [1.82, 2.24) is 34.3 Å². The standard InChI is InChI=1S/C26H20ClFN8O3S/c1-35-11-13(10-30-35)9-29-26(39)24-32-23(33-25(38)21-15-4-2-3-5-18(15)40-34-21)22-20(31-19(37)12-36(22)24)16-8-14(28)6-7-17(16)27/h2-8,10-11,20H,9,12H2,1H3,(H,29,39)(H,31,37)(H,33,38). The summed E-state index contributed by atoms with van der Waals surface area (Å²) in [4.78, 5) is 43.9. The van der Waals surface area contributed by atoms with Crippen LogP contribution in [-0.4, -0.2) is 41.4 Å². The van der Waals surface area contributed by atoms with Crippen molar-refractivity contribution in [3.63, 3.8) is 0 Å². The third-order valence-electron chi connectivity index (χ3n) is 6.40. The molecule has 2 aromatic carbocycles. The molecule has 0 spiro atoms. The second-order valence-electron chi connectivity index (χ2n) is 9.11. The van der Waals surface area contributed by atoms with Gasteiger partial charge in [0.25, 0.3) is 11.8 Å². The van der Waals surface area contributed by atoms with E-state index in [2.05, 4.69) is 30.4 Å². The molecule has 0 saturated carbocycles. The lowest BCUT2D eigenvalue weighted by atomic mass is 10.0. The van der Waals surface area contributed by atoms with E-state index in [4.69, 9.17) is 11.6 Å². The van der Waals surface area contributed by atoms with Crippen LogP contribution in [-0.2, 0) is 24.9 Å². The Hall–Kier alpha value is -4.62. The Morgan fingerprint density at radius 2 is 2.05 bits per heavy atom. The summed E-state index contributed by atoms with van der Waals surface area (Å²) in [7, 11) is 1.76. The molecule has 1 aliphatic rings. The van der Waals surface area contributed by atoms with Gasteiger partial charge in [0.05, 0.1) is 22.6 Å². The van der Waals surface area contributed by atoms with E-state index in [0.717, 1.165) is 10.3 Å². The molecule has 1 atom stereocenters. The van der Waals surface area contributed by atoms with Gasteiger partial charge in [-0.1, -0.05) is 29.8 Å². The molecule has 0 bridgehead atoms. The summed E-state index contributed by atoms with van der Waals surface area (Å²) in [6.07, 6.45) is 3.36. The summed E-state index contributed by atoms with van der Waals surface area (Å²) in [5, 5.41) is 13.2. The van der Waals surface area contributed by atoms with Gasteiger partial charge in [0.2, 0.25) is 11.7 Å². The van der Waals surface area contributed by atoms with Crippen LogP contribution in [0, 0.1) is 5.82 Å². The second kappa shape index (κ2) is 10.2. The van der Waals surface area contributed by atoms with E-state index >= 15 is 0 Å². The first-order valence-electron chi connectivity index (χ1n) is 12.0. The number of aromatic nitrogens is 5. The number of rotatable bonds is 6. The number of hydrogen-bond acceptors (Lipinski definition) is 7. The van der Waals surface area contributed by atoms with Crippen LogP contribution in [0.25, 0.3) is 10.1 Å². The fraction of sp³-hybridized carbons (Fsp3) is 0.154. The lowest BCUT2D eigenvalue weighted by Crippen LogP contribution is -2.41. The third kappa shape index (κ3) is 4.69. The Balaban J connectivity index is 1.42. The van der Waals surface area contributed by atoms with Gasteiger partial charge in [-0.2, -0.15) is 9.47 Å². The highest BCUT2D eigenvalue weighted by atomic mass is 35.5. The van der Waals surface area contributed by atoms with E-state index in [1.807, 2.05) is 12.1 Å². The van der Waals surface area contributed by atoms with Gasteiger partial charge in [-0.15, -0.1) is 0 Å². The van der Waals surface area contributed by atoms with Gasteiger partial charge in [-0.25, -0.2) is 9.37 Å². The number of carbonyl (C=O) groups is 3. The van der Waals surface area contributed by atoms with Gasteiger partial charge in [0.15, 0.2) is 5.82 Å². The summed E-state index contributed by atoms with van der Waals surface area (Å²) >= 11 is 7.58. The number of nitrogens with zero attached hydrogens (tertiary/aromatic N) is 5. The average molecular weight is 579 g/mol. The van der Waals surface area contributed by atoms with Crippen molar-refractivity contribution in [2.45, 2.75) is 19.1 Å². The normalized spacial score (nSPS) is 14.6. The number of nitrogens with one attached hydrogen (secondary N) is 3. The van der Waals surface area contributed by atoms with Crippen molar-refractivity contribution in [1.29, 1.82) is 0 Å². The van der Waals surface area contributed by atoms with Gasteiger partial charge in [0, 0.05) is 41.3 Å². The fourth-order valence-corrected chi connectivity index (χ4v) is 5.60. The predicted molar refractivity (Wildman–Crippen MR) is 146 cm³/mol. The van der Waals surface area contributed by atoms with E-state index in [1.165, 1.54) is 34.3 Å². The number of benzene rings is 2. The minimum absolute atomic E-state index is 0.0129. The molecule has 202 valence electrons. The van der Waals surface area contributed by atoms with Crippen LogP contribution in [0.15, 0.2) is 54.9 Å². The van der Waals surface area contributed by atoms with Crippen molar-refractivity contribution in [3.05, 3.63) is 94.0 Å². The van der Waals surface area contributed by atoms with E-state index in [0.29, 0.717) is 5.39 Å². The van der Waals surface area contributed by atoms with Crippen LogP contribution in [0.5, 0.6) is 0 Å². The molecule has 6 rings (SSSR count). The first kappa shape index (κ1) is 25.6. The zero-order chi connectivity index (χ0) is 28.0. The Kier molecular flexibility index (Phi) is 6.52. The summed E-state index contributed by atoms with van der Waals surface area (Å²) in [5.41, 5.74) is 1.46. The number of carbonyl (C=O) groups excluding carboxylic acids is 3. The molecule has 1 aliphatic heterocycles. The Labute approximate surface area is 235 Å². The summed E-state index contributed by atoms with van der Waals surface area (Å²) < 4.78 is 22.4. The molecule has 0 saturated heterocycles. The highest BCUT2D eigenvalue weighted by Gasteiger charge is 2.36. The van der Waals surface area contributed by atoms with Gasteiger partial charge in [-0.05, 0) is 35.8 Å². The summed E-state index contributed by atoms with van der Waals surface area (Å²) in [6, 6.07) is 10.0. The monoisotopic (exact) mass is 578 g/mol. The number of imidazole rings is 1. The summed E-state index contributed by atoms with van der Waals surface area (Å²) in [5.74, 6) is -2.24. The maximum Gasteiger partial charge on any atom is 0.287 e. The minimum atomic E-state index is -1.00. The van der Waals surface area contributed by atoms with Crippen LogP contribution < -0.4 is 16.0 Å². The Morgan fingerprint density at radius 1 is 1.23 bits per heavy atom. The number of fused-ring (bicyclic) bond motifs is 2. The number of anilines is 1. The molecule has 3 N–H and O–H groups in total. The van der Waals surface area contributed by atoms with E-state index in [9.17, 15) is 18.8 Å². The number of hydrogen-bond donors (Lipinski definition) is 3. The van der Waals surface area contributed by atoms with E-state index in [1.54, 1.807) is 36.3 Å². The lowest BCUT2D eigenvalue weighted by molar-refractivity contribution is -0.123. The maximum absolute atomic E-state index is 14.3. The van der Waals surface area contributed by atoms with Crippen molar-refractivity contribution >= 4 is 56.8 Å². The molecule has 3 aromatic heterocycles. The van der Waals surface area contributed by atoms with Crippen molar-refractivity contribution in [2.24, 2.45) is 7.05 Å². The van der Waals surface area contributed by atoms with Crippen molar-refractivity contribution in [3.8, 4) is 0 Å². The van der Waals surface area contributed by atoms with Crippen LogP contribution in [0.1, 0.15) is 44.0 Å². The van der Waals surface area contributed by atoms with E-state index in [-0.39, 0.29) is 46.7 Å². The first-order valence-corrected chi connectivity index (χ1v) is 13.2. The van der Waals surface area contributed by atoms with Gasteiger partial charge < -0.3 is 20.5 Å². The molecule has 40 heavy (non-hydrogen) atoms. The molecule has 5 aromatic rings. The molecule has 0 fully saturated rings. The highest BCUT2D eigenvalue weighted by Crippen LogP contribution is 2.36. The summed E-state index contributed by atoms with van der Waals surface area (Å²) in [6.45, 7) is -0.0936. The van der Waals surface area contributed by atoms with Gasteiger partial charge in [0.1, 0.15) is 18.1 Å². The number of amides is 3. The highest BCUT2D eigenvalue weighted by molar-refractivity contribution is 7.13. The SMILES string of the molecule is Cn1cc(CNC(=O)c2nc(NC(=O)c3nsc4ccccc34)c3n2CC(=O)NC3c2cc(F)ccc2Cl)cn1. The second-order valence-corrected chi connectivity index (χ2v) is 10.3. The molecule has 0 aliphatic carbocycles. The molecule has 4 heterocycles. The number of aryl methyl sites for hydroxylation is 1. The smallest absolute Gasteiger partial charge is 0.287 e. The molecule has 1 unspecified atom stereocenters. The Morgan fingerprint density at radius 3 is 2.85 bits per heavy atom. The molecular formula is C26H20ClFN8O3S. The van der Waals surface area contributed by atoms with Crippen LogP contribution in [0.4, 0.5) is 10.2 Å². The van der Waals surface area contributed by atoms with Gasteiger partial charge >= 0.3 is 0 Å². The lowest BCUT2D eigenvalue weighted by Gasteiger charge is -2.28. The fourth-order valence-electron chi connectivity index (χ4n) is 4.60. The van der Waals surface area contributed by atoms with Crippen LogP contribution in [0.2, 0.25) is 5.02 Å². The molecular weight excluding hydrogens is 559 g/mol. The molecule has 14 heteroatoms. The van der Waals surface area contributed by atoms with Gasteiger partial charge in [-0.3, -0.25) is 19.1 Å². The first-order chi connectivity index (χ1) is 19.3. The zero-order valence-electron chi connectivity index (χ0n) is 20.8. The van der Waals surface area contributed by atoms with Crippen LogP contribution >= 0.6 is 23.1 Å². The zero-order valence-corrected chi connectivity index (χ0v) is 22.4. The molecule has 11 nitrogen and oxygen atoms in total. The quantitative estimate of drug-likeness (QED) is 0.282. The van der Waals surface area contributed by atoms with E-state index < -0.39 is 29.6 Å². The minimum Gasteiger partial charge on any atom is -0.345 e. The molecule has 3 amide bonds. The topological polar surface area (TPSA) is 136 Å². The van der Waals surface area contributed by atoms with Crippen molar-refractivity contribution in [2.75, 3.05) is 5.32 Å². The average Bonchev–Trinajstić information content (AvgIpc) is 3.65. The van der Waals surface area contributed by atoms with Crippen LogP contribution in [0.3, 0.4) is 0 Å². The predicted octanol–water partition coefficient (Wildman–Crippen LogP) is 3.42. The number of halogens is 2.